The number of primary sulfonamides is 1. The summed E-state index contributed by atoms with van der Waals surface area (Å²) < 4.78 is 50.7. The van der Waals surface area contributed by atoms with Gasteiger partial charge < -0.3 is 0 Å². The predicted molar refractivity (Wildman–Crippen MR) is 91.1 cm³/mol. The number of hydrogen-bond acceptors (Lipinski definition) is 3. The Morgan fingerprint density at radius 3 is 2.28 bits per heavy atom. The van der Waals surface area contributed by atoms with Crippen molar-refractivity contribution in [1.82, 2.24) is 4.98 Å². The second-order valence-corrected chi connectivity index (χ2v) is 7.08. The van der Waals surface area contributed by atoms with Crippen LogP contribution in [0.2, 0.25) is 0 Å². The van der Waals surface area contributed by atoms with Gasteiger partial charge in [-0.25, -0.2) is 22.3 Å². The molecule has 0 aliphatic rings. The first-order chi connectivity index (χ1) is 11.8. The van der Waals surface area contributed by atoms with Crippen LogP contribution in [0, 0.1) is 18.6 Å². The van der Waals surface area contributed by atoms with Gasteiger partial charge in [-0.3, -0.25) is 4.98 Å². The Labute approximate surface area is 144 Å². The summed E-state index contributed by atoms with van der Waals surface area (Å²) in [4.78, 5) is 3.68. The first-order valence-electron chi connectivity index (χ1n) is 7.31. The van der Waals surface area contributed by atoms with Crippen LogP contribution >= 0.6 is 0 Å². The van der Waals surface area contributed by atoms with Crippen LogP contribution in [0.1, 0.15) is 5.56 Å². The fraction of sp³-hybridized carbons (Fsp3) is 0.0556. The summed E-state index contributed by atoms with van der Waals surface area (Å²) in [7, 11) is -4.15. The third-order valence-corrected chi connectivity index (χ3v) is 4.75. The maximum atomic E-state index is 14.1. The number of aromatic nitrogens is 1. The van der Waals surface area contributed by atoms with Crippen LogP contribution < -0.4 is 5.14 Å². The average molecular weight is 360 g/mol. The quantitative estimate of drug-likeness (QED) is 0.775. The topological polar surface area (TPSA) is 73.0 Å². The van der Waals surface area contributed by atoms with Crippen molar-refractivity contribution in [3.05, 3.63) is 71.9 Å². The Morgan fingerprint density at radius 1 is 0.960 bits per heavy atom. The van der Waals surface area contributed by atoms with Gasteiger partial charge in [0, 0.05) is 17.3 Å². The predicted octanol–water partition coefficient (Wildman–Crippen LogP) is 3.65. The van der Waals surface area contributed by atoms with Gasteiger partial charge in [0.15, 0.2) is 0 Å². The van der Waals surface area contributed by atoms with E-state index in [9.17, 15) is 17.2 Å². The molecule has 0 bridgehead atoms. The molecular weight excluding hydrogens is 346 g/mol. The van der Waals surface area contributed by atoms with Gasteiger partial charge in [-0.15, -0.1) is 0 Å². The van der Waals surface area contributed by atoms with Gasteiger partial charge in [0.1, 0.15) is 16.5 Å². The van der Waals surface area contributed by atoms with Crippen molar-refractivity contribution < 1.29 is 17.2 Å². The number of pyridine rings is 1. The van der Waals surface area contributed by atoms with Crippen LogP contribution in [-0.2, 0) is 10.0 Å². The van der Waals surface area contributed by atoms with Gasteiger partial charge in [-0.05, 0) is 42.3 Å². The largest absolute Gasteiger partial charge is 0.256 e. The van der Waals surface area contributed by atoms with Crippen LogP contribution in [0.5, 0.6) is 0 Å². The molecule has 2 N–H and O–H groups in total. The number of rotatable bonds is 3. The van der Waals surface area contributed by atoms with E-state index < -0.39 is 20.7 Å². The molecule has 0 unspecified atom stereocenters. The fourth-order valence-corrected chi connectivity index (χ4v) is 3.10. The van der Waals surface area contributed by atoms with Crippen molar-refractivity contribution in [2.24, 2.45) is 5.14 Å². The molecule has 0 saturated carbocycles. The summed E-state index contributed by atoms with van der Waals surface area (Å²) in [5, 5.41) is 4.98. The second-order valence-electron chi connectivity index (χ2n) is 5.55. The molecule has 0 fully saturated rings. The van der Waals surface area contributed by atoms with Gasteiger partial charge in [0.25, 0.3) is 0 Å². The smallest absolute Gasteiger partial charge is 0.240 e. The van der Waals surface area contributed by atoms with Gasteiger partial charge >= 0.3 is 0 Å². The summed E-state index contributed by atoms with van der Waals surface area (Å²) in [5.74, 6) is -1.32. The van der Waals surface area contributed by atoms with Crippen LogP contribution in [-0.4, -0.2) is 13.4 Å². The summed E-state index contributed by atoms with van der Waals surface area (Å²) in [6, 6.07) is 11.7. The van der Waals surface area contributed by atoms with E-state index >= 15 is 0 Å². The Morgan fingerprint density at radius 2 is 1.64 bits per heavy atom. The molecular formula is C18H14F2N2O2S. The minimum Gasteiger partial charge on any atom is -0.256 e. The van der Waals surface area contributed by atoms with Crippen LogP contribution in [0.4, 0.5) is 8.78 Å². The average Bonchev–Trinajstić information content (AvgIpc) is 2.56. The zero-order chi connectivity index (χ0) is 18.2. The van der Waals surface area contributed by atoms with E-state index in [4.69, 9.17) is 5.14 Å². The summed E-state index contributed by atoms with van der Waals surface area (Å²) in [6.45, 7) is 1.65. The summed E-state index contributed by atoms with van der Waals surface area (Å²) in [5.41, 5.74) is 2.46. The molecule has 1 heterocycles. The number of hydrogen-bond donors (Lipinski definition) is 1. The maximum absolute atomic E-state index is 14.1. The highest BCUT2D eigenvalue weighted by Crippen LogP contribution is 2.32. The second kappa shape index (κ2) is 6.34. The normalized spacial score (nSPS) is 11.5. The van der Waals surface area contributed by atoms with Gasteiger partial charge in [0.05, 0.1) is 5.69 Å². The van der Waals surface area contributed by atoms with Crippen molar-refractivity contribution in [1.29, 1.82) is 0 Å². The third kappa shape index (κ3) is 3.42. The highest BCUT2D eigenvalue weighted by molar-refractivity contribution is 7.89. The maximum Gasteiger partial charge on any atom is 0.240 e. The number of aryl methyl sites for hydroxylation is 1. The van der Waals surface area contributed by atoms with E-state index in [1.54, 1.807) is 37.4 Å². The number of nitrogens with two attached hydrogens (primary N) is 1. The lowest BCUT2D eigenvalue weighted by atomic mass is 9.98. The van der Waals surface area contributed by atoms with Crippen molar-refractivity contribution in [2.75, 3.05) is 0 Å². The zero-order valence-corrected chi connectivity index (χ0v) is 14.0. The molecule has 7 heteroatoms. The number of sulfonamides is 1. The molecule has 2 aromatic carbocycles. The van der Waals surface area contributed by atoms with Crippen molar-refractivity contribution >= 4 is 10.0 Å². The summed E-state index contributed by atoms with van der Waals surface area (Å²) in [6.07, 6.45) is 1.55. The monoisotopic (exact) mass is 360 g/mol. The van der Waals surface area contributed by atoms with E-state index in [1.165, 1.54) is 12.1 Å². The van der Waals surface area contributed by atoms with Crippen molar-refractivity contribution in [3.63, 3.8) is 0 Å². The molecule has 0 radical (unpaired) electrons. The molecule has 0 aliphatic carbocycles. The first kappa shape index (κ1) is 17.2. The molecule has 0 atom stereocenters. The fourth-order valence-electron chi connectivity index (χ4n) is 2.51. The number of nitrogens with zero attached hydrogens (tertiary/aromatic N) is 1. The molecule has 0 aliphatic heterocycles. The van der Waals surface area contributed by atoms with Crippen LogP contribution in [0.25, 0.3) is 22.4 Å². The standard InChI is InChI=1S/C18H14F2N2O2S/c1-11-4-5-13(10-15(11)19)18-14(3-2-8-22-18)12-6-7-17(16(20)9-12)25(21,23)24/h2-10H,1H3,(H2,21,23,24). The Hall–Kier alpha value is -2.64. The highest BCUT2D eigenvalue weighted by atomic mass is 32.2. The van der Waals surface area contributed by atoms with E-state index in [0.717, 1.165) is 12.1 Å². The lowest BCUT2D eigenvalue weighted by Gasteiger charge is -2.11. The van der Waals surface area contributed by atoms with Crippen LogP contribution in [0.3, 0.4) is 0 Å². The Balaban J connectivity index is 2.16. The Bertz CT molecular complexity index is 1070. The lowest BCUT2D eigenvalue weighted by molar-refractivity contribution is 0.568. The molecule has 4 nitrogen and oxygen atoms in total. The molecule has 128 valence electrons. The van der Waals surface area contributed by atoms with Gasteiger partial charge in [-0.2, -0.15) is 0 Å². The minimum absolute atomic E-state index is 0.371. The molecule has 3 rings (SSSR count). The minimum atomic E-state index is -4.15. The molecule has 1 aromatic heterocycles. The van der Waals surface area contributed by atoms with Crippen LogP contribution in [0.15, 0.2) is 59.6 Å². The molecule has 0 spiro atoms. The molecule has 0 saturated heterocycles. The van der Waals surface area contributed by atoms with E-state index in [0.29, 0.717) is 27.9 Å². The first-order valence-corrected chi connectivity index (χ1v) is 8.86. The molecule has 25 heavy (non-hydrogen) atoms. The van der Waals surface area contributed by atoms with E-state index in [-0.39, 0.29) is 5.82 Å². The van der Waals surface area contributed by atoms with E-state index in [1.807, 2.05) is 0 Å². The van der Waals surface area contributed by atoms with Crippen molar-refractivity contribution in [2.45, 2.75) is 11.8 Å². The number of halogens is 2. The molecule has 0 amide bonds. The highest BCUT2D eigenvalue weighted by Gasteiger charge is 2.17. The van der Waals surface area contributed by atoms with Crippen molar-refractivity contribution in [3.8, 4) is 22.4 Å². The SMILES string of the molecule is Cc1ccc(-c2ncccc2-c2ccc(S(N)(=O)=O)c(F)c2)cc1F. The Kier molecular flexibility index (Phi) is 4.36. The number of benzene rings is 2. The van der Waals surface area contributed by atoms with Gasteiger partial charge in [-0.1, -0.05) is 24.3 Å². The molecule has 3 aromatic rings. The van der Waals surface area contributed by atoms with Gasteiger partial charge in [0.2, 0.25) is 10.0 Å². The third-order valence-electron chi connectivity index (χ3n) is 3.80. The zero-order valence-electron chi connectivity index (χ0n) is 13.2. The summed E-state index contributed by atoms with van der Waals surface area (Å²) >= 11 is 0. The van der Waals surface area contributed by atoms with E-state index in [2.05, 4.69) is 4.98 Å². The lowest BCUT2D eigenvalue weighted by Crippen LogP contribution is -2.13.